The zero-order valence-electron chi connectivity index (χ0n) is 12.2. The van der Waals surface area contributed by atoms with Gasteiger partial charge in [0, 0.05) is 18.0 Å². The highest BCUT2D eigenvalue weighted by Gasteiger charge is 2.10. The summed E-state index contributed by atoms with van der Waals surface area (Å²) < 4.78 is 0. The van der Waals surface area contributed by atoms with Crippen LogP contribution < -0.4 is 16.0 Å². The van der Waals surface area contributed by atoms with Gasteiger partial charge in [-0.05, 0) is 19.0 Å². The van der Waals surface area contributed by atoms with E-state index in [1.165, 1.54) is 11.3 Å². The second-order valence-corrected chi connectivity index (χ2v) is 5.51. The molecule has 0 aliphatic heterocycles. The first-order chi connectivity index (χ1) is 10.2. The van der Waals surface area contributed by atoms with E-state index >= 15 is 0 Å². The summed E-state index contributed by atoms with van der Waals surface area (Å²) in [5.74, 6) is 0. The molecule has 1 heterocycles. The standard InChI is InChI=1S/C15H20N4OS/c1-3-16-11(2)13-10-21-15(18-13)19-14(20)17-9-12-7-5-4-6-8-12/h4-8,10-11,16H,3,9H2,1-2H3,(H2,17,18,19,20). The number of rotatable bonds is 6. The third kappa shape index (κ3) is 4.84. The number of carbonyl (C=O) groups excluding carboxylic acids is 1. The van der Waals surface area contributed by atoms with Crippen molar-refractivity contribution >= 4 is 22.5 Å². The molecule has 3 N–H and O–H groups in total. The minimum atomic E-state index is -0.240. The first kappa shape index (κ1) is 15.5. The number of hydrogen-bond acceptors (Lipinski definition) is 4. The van der Waals surface area contributed by atoms with Gasteiger partial charge in [0.25, 0.3) is 0 Å². The number of nitrogens with one attached hydrogen (secondary N) is 3. The number of aromatic nitrogens is 1. The maximum atomic E-state index is 11.8. The Morgan fingerprint density at radius 3 is 2.81 bits per heavy atom. The molecule has 0 aliphatic carbocycles. The molecule has 1 aromatic carbocycles. The summed E-state index contributed by atoms with van der Waals surface area (Å²) in [5.41, 5.74) is 2.01. The average molecular weight is 304 g/mol. The van der Waals surface area contributed by atoms with Gasteiger partial charge in [0.15, 0.2) is 5.13 Å². The largest absolute Gasteiger partial charge is 0.334 e. The van der Waals surface area contributed by atoms with Gasteiger partial charge in [-0.3, -0.25) is 5.32 Å². The first-order valence-electron chi connectivity index (χ1n) is 6.96. The maximum Gasteiger partial charge on any atom is 0.321 e. The summed E-state index contributed by atoms with van der Waals surface area (Å²) in [6.45, 7) is 5.49. The fourth-order valence-electron chi connectivity index (χ4n) is 1.87. The van der Waals surface area contributed by atoms with Gasteiger partial charge in [-0.25, -0.2) is 9.78 Å². The lowest BCUT2D eigenvalue weighted by Crippen LogP contribution is -2.28. The van der Waals surface area contributed by atoms with Crippen LogP contribution in [-0.2, 0) is 6.54 Å². The Morgan fingerprint density at radius 2 is 2.10 bits per heavy atom. The number of nitrogens with zero attached hydrogens (tertiary/aromatic N) is 1. The van der Waals surface area contributed by atoms with E-state index in [0.717, 1.165) is 17.8 Å². The van der Waals surface area contributed by atoms with Crippen molar-refractivity contribution in [3.8, 4) is 0 Å². The summed E-state index contributed by atoms with van der Waals surface area (Å²) in [6, 6.07) is 9.74. The maximum absolute atomic E-state index is 11.8. The molecule has 5 nitrogen and oxygen atoms in total. The fraction of sp³-hybridized carbons (Fsp3) is 0.333. The van der Waals surface area contributed by atoms with E-state index < -0.39 is 0 Å². The summed E-state index contributed by atoms with van der Waals surface area (Å²) in [6.07, 6.45) is 0. The van der Waals surface area contributed by atoms with Gasteiger partial charge in [0.1, 0.15) is 0 Å². The summed E-state index contributed by atoms with van der Waals surface area (Å²) in [7, 11) is 0. The van der Waals surface area contributed by atoms with Crippen molar-refractivity contribution in [2.24, 2.45) is 0 Å². The summed E-state index contributed by atoms with van der Waals surface area (Å²) in [4.78, 5) is 16.2. The monoisotopic (exact) mass is 304 g/mol. The number of anilines is 1. The normalized spacial score (nSPS) is 11.9. The van der Waals surface area contributed by atoms with Crippen molar-refractivity contribution in [2.75, 3.05) is 11.9 Å². The van der Waals surface area contributed by atoms with E-state index in [1.807, 2.05) is 35.7 Å². The molecule has 6 heteroatoms. The molecular formula is C15H20N4OS. The molecule has 2 rings (SSSR count). The number of amides is 2. The average Bonchev–Trinajstić information content (AvgIpc) is 2.95. The smallest absolute Gasteiger partial charge is 0.321 e. The molecule has 0 fully saturated rings. The highest BCUT2D eigenvalue weighted by Crippen LogP contribution is 2.20. The van der Waals surface area contributed by atoms with Gasteiger partial charge in [0.2, 0.25) is 0 Å². The Morgan fingerprint density at radius 1 is 1.33 bits per heavy atom. The zero-order valence-corrected chi connectivity index (χ0v) is 13.0. The van der Waals surface area contributed by atoms with E-state index in [9.17, 15) is 4.79 Å². The van der Waals surface area contributed by atoms with Crippen molar-refractivity contribution in [3.05, 3.63) is 47.0 Å². The molecule has 0 saturated heterocycles. The predicted molar refractivity (Wildman–Crippen MR) is 86.5 cm³/mol. The Kier molecular flexibility index (Phi) is 5.71. The predicted octanol–water partition coefficient (Wildman–Crippen LogP) is 3.14. The van der Waals surface area contributed by atoms with Crippen LogP contribution in [0.2, 0.25) is 0 Å². The minimum absolute atomic E-state index is 0.189. The molecule has 2 aromatic rings. The van der Waals surface area contributed by atoms with Crippen molar-refractivity contribution < 1.29 is 4.79 Å². The SMILES string of the molecule is CCNC(C)c1csc(NC(=O)NCc2ccccc2)n1. The van der Waals surface area contributed by atoms with Gasteiger partial charge in [-0.15, -0.1) is 11.3 Å². The van der Waals surface area contributed by atoms with Gasteiger partial charge in [-0.2, -0.15) is 0 Å². The van der Waals surface area contributed by atoms with Crippen LogP contribution in [0.4, 0.5) is 9.93 Å². The molecule has 21 heavy (non-hydrogen) atoms. The Labute approximate surface area is 128 Å². The van der Waals surface area contributed by atoms with Crippen LogP contribution >= 0.6 is 11.3 Å². The molecule has 2 amide bonds. The lowest BCUT2D eigenvalue weighted by molar-refractivity contribution is 0.251. The van der Waals surface area contributed by atoms with Crippen molar-refractivity contribution in [1.29, 1.82) is 0 Å². The molecule has 0 aliphatic rings. The van der Waals surface area contributed by atoms with Crippen LogP contribution in [0, 0.1) is 0 Å². The molecule has 1 atom stereocenters. The lowest BCUT2D eigenvalue weighted by Gasteiger charge is -2.08. The lowest BCUT2D eigenvalue weighted by atomic mass is 10.2. The second-order valence-electron chi connectivity index (χ2n) is 4.65. The van der Waals surface area contributed by atoms with E-state index in [2.05, 4.69) is 34.8 Å². The molecule has 0 spiro atoms. The zero-order chi connectivity index (χ0) is 15.1. The van der Waals surface area contributed by atoms with Crippen LogP contribution in [0.1, 0.15) is 31.1 Å². The first-order valence-corrected chi connectivity index (χ1v) is 7.84. The number of benzene rings is 1. The molecule has 0 radical (unpaired) electrons. The highest BCUT2D eigenvalue weighted by atomic mass is 32.1. The number of thiazole rings is 1. The molecule has 0 saturated carbocycles. The van der Waals surface area contributed by atoms with Crippen LogP contribution in [0.25, 0.3) is 0 Å². The fourth-order valence-corrected chi connectivity index (χ4v) is 2.67. The third-order valence-corrected chi connectivity index (χ3v) is 3.77. The Bertz CT molecular complexity index is 570. The topological polar surface area (TPSA) is 66.0 Å². The van der Waals surface area contributed by atoms with Crippen molar-refractivity contribution in [3.63, 3.8) is 0 Å². The van der Waals surface area contributed by atoms with E-state index in [0.29, 0.717) is 11.7 Å². The molecule has 0 bridgehead atoms. The Balaban J connectivity index is 1.83. The van der Waals surface area contributed by atoms with E-state index in [4.69, 9.17) is 0 Å². The minimum Gasteiger partial charge on any atom is -0.334 e. The number of carbonyl (C=O) groups is 1. The van der Waals surface area contributed by atoms with Gasteiger partial charge in [0.05, 0.1) is 5.69 Å². The number of hydrogen-bond donors (Lipinski definition) is 3. The molecular weight excluding hydrogens is 284 g/mol. The van der Waals surface area contributed by atoms with Gasteiger partial charge in [-0.1, -0.05) is 37.3 Å². The summed E-state index contributed by atoms with van der Waals surface area (Å²) >= 11 is 1.43. The van der Waals surface area contributed by atoms with Crippen LogP contribution in [0.3, 0.4) is 0 Å². The van der Waals surface area contributed by atoms with Crippen LogP contribution in [-0.4, -0.2) is 17.6 Å². The van der Waals surface area contributed by atoms with E-state index in [1.54, 1.807) is 0 Å². The summed E-state index contributed by atoms with van der Waals surface area (Å²) in [5, 5.41) is 11.4. The van der Waals surface area contributed by atoms with Crippen LogP contribution in [0.5, 0.6) is 0 Å². The second kappa shape index (κ2) is 7.75. The Hall–Kier alpha value is -1.92. The quantitative estimate of drug-likeness (QED) is 0.768. The van der Waals surface area contributed by atoms with Gasteiger partial charge < -0.3 is 10.6 Å². The van der Waals surface area contributed by atoms with Crippen molar-refractivity contribution in [1.82, 2.24) is 15.6 Å². The number of urea groups is 1. The van der Waals surface area contributed by atoms with E-state index in [-0.39, 0.29) is 12.1 Å². The third-order valence-electron chi connectivity index (χ3n) is 2.99. The molecule has 1 aromatic heterocycles. The van der Waals surface area contributed by atoms with Gasteiger partial charge >= 0.3 is 6.03 Å². The molecule has 112 valence electrons. The molecule has 1 unspecified atom stereocenters. The highest BCUT2D eigenvalue weighted by molar-refractivity contribution is 7.13. The van der Waals surface area contributed by atoms with Crippen molar-refractivity contribution in [2.45, 2.75) is 26.4 Å². The van der Waals surface area contributed by atoms with Crippen LogP contribution in [0.15, 0.2) is 35.7 Å².